The molecular weight excluding hydrogens is 252 g/mol. The van der Waals surface area contributed by atoms with Gasteiger partial charge in [0.15, 0.2) is 5.16 Å². The van der Waals surface area contributed by atoms with Gasteiger partial charge in [-0.3, -0.25) is 4.79 Å². The Labute approximate surface area is 110 Å². The van der Waals surface area contributed by atoms with Crippen LogP contribution in [0.1, 0.15) is 26.2 Å². The molecule has 1 heterocycles. The molecule has 1 saturated carbocycles. The minimum Gasteiger partial charge on any atom is -0.480 e. The van der Waals surface area contributed by atoms with Crippen molar-refractivity contribution in [3.05, 3.63) is 6.33 Å². The second-order valence-electron chi connectivity index (χ2n) is 4.62. The van der Waals surface area contributed by atoms with Crippen molar-refractivity contribution in [3.63, 3.8) is 0 Å². The minimum atomic E-state index is -0.759. The van der Waals surface area contributed by atoms with Crippen molar-refractivity contribution < 1.29 is 9.90 Å². The summed E-state index contributed by atoms with van der Waals surface area (Å²) >= 11 is 1.62. The van der Waals surface area contributed by atoms with Gasteiger partial charge in [-0.25, -0.2) is 0 Å². The molecule has 1 aromatic rings. The molecule has 2 rings (SSSR count). The smallest absolute Gasteiger partial charge is 0.323 e. The van der Waals surface area contributed by atoms with Gasteiger partial charge in [-0.1, -0.05) is 18.7 Å². The fraction of sp³-hybridized carbons (Fsp3) is 0.727. The van der Waals surface area contributed by atoms with Gasteiger partial charge < -0.3 is 15.0 Å². The van der Waals surface area contributed by atoms with Gasteiger partial charge in [-0.15, -0.1) is 10.2 Å². The summed E-state index contributed by atoms with van der Waals surface area (Å²) < 4.78 is 1.86. The first-order valence-corrected chi connectivity index (χ1v) is 6.94. The lowest BCUT2D eigenvalue weighted by Crippen LogP contribution is -2.50. The molecule has 0 radical (unpaired) electrons. The van der Waals surface area contributed by atoms with Crippen LogP contribution in [0.25, 0.3) is 0 Å². The average molecular weight is 270 g/mol. The highest BCUT2D eigenvalue weighted by atomic mass is 32.2. The van der Waals surface area contributed by atoms with Crippen LogP contribution in [0.4, 0.5) is 0 Å². The predicted octanol–water partition coefficient (Wildman–Crippen LogP) is 0.893. The zero-order valence-corrected chi connectivity index (χ0v) is 11.4. The number of carboxylic acid groups (broad SMARTS) is 1. The summed E-state index contributed by atoms with van der Waals surface area (Å²) in [6.45, 7) is 2.61. The molecular formula is C11H18N4O2S. The number of hydrogen-bond acceptors (Lipinski definition) is 5. The highest BCUT2D eigenvalue weighted by Crippen LogP contribution is 2.39. The van der Waals surface area contributed by atoms with Gasteiger partial charge in [0.1, 0.15) is 11.9 Å². The van der Waals surface area contributed by atoms with E-state index in [2.05, 4.69) is 15.5 Å². The molecule has 1 aromatic heterocycles. The number of carboxylic acids is 1. The third kappa shape index (κ3) is 2.51. The summed E-state index contributed by atoms with van der Waals surface area (Å²) in [5.41, 5.74) is -0.759. The van der Waals surface area contributed by atoms with E-state index in [1.165, 1.54) is 0 Å². The summed E-state index contributed by atoms with van der Waals surface area (Å²) in [6, 6.07) is 0. The van der Waals surface area contributed by atoms with Crippen LogP contribution in [0.2, 0.25) is 0 Å². The first-order valence-electron chi connectivity index (χ1n) is 6.06. The summed E-state index contributed by atoms with van der Waals surface area (Å²) in [7, 11) is 1.89. The fourth-order valence-electron chi connectivity index (χ4n) is 2.40. The third-order valence-corrected chi connectivity index (χ3v) is 4.65. The standard InChI is InChI=1S/C11H18N4O2S/c1-3-12-11(9(16)17)5-4-8(6-11)18-10-14-13-7-15(10)2/h7-8,12H,3-6H2,1-2H3,(H,16,17). The lowest BCUT2D eigenvalue weighted by atomic mass is 9.98. The minimum absolute atomic E-state index is 0.281. The number of aliphatic carboxylic acids is 1. The number of nitrogens with zero attached hydrogens (tertiary/aromatic N) is 3. The average Bonchev–Trinajstić information content (AvgIpc) is 2.89. The normalized spacial score (nSPS) is 27.6. The Morgan fingerprint density at radius 3 is 3.11 bits per heavy atom. The third-order valence-electron chi connectivity index (χ3n) is 3.34. The van der Waals surface area contributed by atoms with Crippen LogP contribution in [0.15, 0.2) is 11.5 Å². The first kappa shape index (κ1) is 13.4. The van der Waals surface area contributed by atoms with Crippen molar-refractivity contribution in [2.75, 3.05) is 6.54 Å². The van der Waals surface area contributed by atoms with Gasteiger partial charge in [0.25, 0.3) is 0 Å². The lowest BCUT2D eigenvalue weighted by Gasteiger charge is -2.25. The van der Waals surface area contributed by atoms with Crippen molar-refractivity contribution in [3.8, 4) is 0 Å². The first-order chi connectivity index (χ1) is 8.57. The van der Waals surface area contributed by atoms with Crippen molar-refractivity contribution in [2.24, 2.45) is 7.05 Å². The molecule has 0 saturated heterocycles. The Morgan fingerprint density at radius 2 is 2.56 bits per heavy atom. The summed E-state index contributed by atoms with van der Waals surface area (Å²) in [6.07, 6.45) is 3.85. The quantitative estimate of drug-likeness (QED) is 0.827. The topological polar surface area (TPSA) is 80.0 Å². The van der Waals surface area contributed by atoms with Crippen LogP contribution in [0, 0.1) is 0 Å². The molecule has 100 valence electrons. The monoisotopic (exact) mass is 270 g/mol. The molecule has 6 nitrogen and oxygen atoms in total. The second-order valence-corrected chi connectivity index (χ2v) is 5.89. The van der Waals surface area contributed by atoms with E-state index >= 15 is 0 Å². The van der Waals surface area contributed by atoms with Crippen molar-refractivity contribution in [2.45, 2.75) is 42.1 Å². The van der Waals surface area contributed by atoms with E-state index in [0.29, 0.717) is 19.4 Å². The van der Waals surface area contributed by atoms with Crippen LogP contribution in [-0.2, 0) is 11.8 Å². The van der Waals surface area contributed by atoms with Crippen LogP contribution in [0.5, 0.6) is 0 Å². The number of aromatic nitrogens is 3. The number of nitrogens with one attached hydrogen (secondary N) is 1. The zero-order chi connectivity index (χ0) is 13.2. The largest absolute Gasteiger partial charge is 0.480 e. The van der Waals surface area contributed by atoms with Crippen LogP contribution < -0.4 is 5.32 Å². The Balaban J connectivity index is 2.03. The molecule has 2 atom stereocenters. The number of carbonyl (C=O) groups is 1. The molecule has 0 aliphatic heterocycles. The molecule has 2 N–H and O–H groups in total. The maximum Gasteiger partial charge on any atom is 0.323 e. The van der Waals surface area contributed by atoms with Gasteiger partial charge in [0.05, 0.1) is 0 Å². The van der Waals surface area contributed by atoms with Crippen molar-refractivity contribution >= 4 is 17.7 Å². The van der Waals surface area contributed by atoms with Gasteiger partial charge in [0, 0.05) is 12.3 Å². The molecule has 1 aliphatic carbocycles. The summed E-state index contributed by atoms with van der Waals surface area (Å²) in [4.78, 5) is 11.4. The fourth-order valence-corrected chi connectivity index (χ4v) is 3.61. The Morgan fingerprint density at radius 1 is 1.78 bits per heavy atom. The zero-order valence-electron chi connectivity index (χ0n) is 10.6. The van der Waals surface area contributed by atoms with E-state index < -0.39 is 11.5 Å². The Hall–Kier alpha value is -1.08. The number of rotatable bonds is 5. The molecule has 0 amide bonds. The number of aryl methyl sites for hydroxylation is 1. The Bertz CT molecular complexity index is 436. The van der Waals surface area contributed by atoms with Crippen LogP contribution >= 0.6 is 11.8 Å². The van der Waals surface area contributed by atoms with E-state index in [-0.39, 0.29) is 5.25 Å². The van der Waals surface area contributed by atoms with E-state index in [9.17, 15) is 9.90 Å². The molecule has 7 heteroatoms. The maximum absolute atomic E-state index is 11.4. The second kappa shape index (κ2) is 5.27. The summed E-state index contributed by atoms with van der Waals surface area (Å²) in [5, 5.41) is 21.5. The molecule has 0 aromatic carbocycles. The van der Waals surface area contributed by atoms with Crippen LogP contribution in [0.3, 0.4) is 0 Å². The molecule has 1 aliphatic rings. The van der Waals surface area contributed by atoms with E-state index in [1.807, 2.05) is 18.5 Å². The van der Waals surface area contributed by atoms with Gasteiger partial charge >= 0.3 is 5.97 Å². The Kier molecular flexibility index (Phi) is 3.91. The molecule has 0 spiro atoms. The maximum atomic E-state index is 11.4. The molecule has 1 fully saturated rings. The molecule has 2 unspecified atom stereocenters. The van der Waals surface area contributed by atoms with Crippen LogP contribution in [-0.4, -0.2) is 43.2 Å². The van der Waals surface area contributed by atoms with E-state index in [4.69, 9.17) is 0 Å². The molecule has 18 heavy (non-hydrogen) atoms. The van der Waals surface area contributed by atoms with Gasteiger partial charge in [-0.05, 0) is 25.8 Å². The predicted molar refractivity (Wildman–Crippen MR) is 68.5 cm³/mol. The number of thioether (sulfide) groups is 1. The lowest BCUT2D eigenvalue weighted by molar-refractivity contribution is -0.144. The number of likely N-dealkylation sites (N-methyl/N-ethyl adjacent to an activating group) is 1. The summed E-state index contributed by atoms with van der Waals surface area (Å²) in [5.74, 6) is -0.745. The highest BCUT2D eigenvalue weighted by Gasteiger charge is 2.45. The van der Waals surface area contributed by atoms with Gasteiger partial charge in [-0.2, -0.15) is 0 Å². The SMILES string of the molecule is CCNC1(C(=O)O)CCC(Sc2nncn2C)C1. The van der Waals surface area contributed by atoms with E-state index in [0.717, 1.165) is 11.6 Å². The van der Waals surface area contributed by atoms with Crippen molar-refractivity contribution in [1.29, 1.82) is 0 Å². The van der Waals surface area contributed by atoms with Gasteiger partial charge in [0.2, 0.25) is 0 Å². The highest BCUT2D eigenvalue weighted by molar-refractivity contribution is 7.99. The number of hydrogen-bond donors (Lipinski definition) is 2. The van der Waals surface area contributed by atoms with E-state index in [1.54, 1.807) is 18.1 Å². The molecule has 0 bridgehead atoms. The van der Waals surface area contributed by atoms with Crippen molar-refractivity contribution in [1.82, 2.24) is 20.1 Å².